The Bertz CT molecular complexity index is 510. The number of likely N-dealkylation sites (tertiary alicyclic amines) is 1. The van der Waals surface area contributed by atoms with E-state index in [0.717, 1.165) is 0 Å². The van der Waals surface area contributed by atoms with E-state index < -0.39 is 11.9 Å². The molecule has 1 saturated heterocycles. The number of carboxylic acid groups (broad SMARTS) is 1. The molecule has 20 heavy (non-hydrogen) atoms. The third kappa shape index (κ3) is 3.00. The third-order valence-corrected chi connectivity index (χ3v) is 3.65. The number of hydrogen-bond acceptors (Lipinski definition) is 3. The lowest BCUT2D eigenvalue weighted by molar-refractivity contribution is -0.143. The van der Waals surface area contributed by atoms with E-state index in [0.29, 0.717) is 18.7 Å². The fourth-order valence-corrected chi connectivity index (χ4v) is 2.60. The minimum atomic E-state index is -0.831. The number of aliphatic carboxylic acids is 1. The standard InChI is InChI=1S/C14H21N3O3/c1-9(2)17-5-4-12(15-17)13(18)16-7-10(3)6-11(8-16)14(19)20/h4-5,9-11H,6-8H2,1-3H3,(H,19,20). The second-order valence-electron chi connectivity index (χ2n) is 5.86. The summed E-state index contributed by atoms with van der Waals surface area (Å²) in [5.74, 6) is -1.29. The molecule has 1 N–H and O–H groups in total. The predicted molar refractivity (Wildman–Crippen MR) is 73.4 cm³/mol. The van der Waals surface area contributed by atoms with E-state index in [1.54, 1.807) is 21.8 Å². The number of carbonyl (C=O) groups excluding carboxylic acids is 1. The molecule has 0 bridgehead atoms. The molecular formula is C14H21N3O3. The van der Waals surface area contributed by atoms with Crippen LogP contribution in [0.4, 0.5) is 0 Å². The van der Waals surface area contributed by atoms with Crippen LogP contribution in [-0.2, 0) is 4.79 Å². The zero-order valence-corrected chi connectivity index (χ0v) is 12.1. The molecule has 1 aromatic heterocycles. The topological polar surface area (TPSA) is 75.4 Å². The molecule has 0 radical (unpaired) electrons. The van der Waals surface area contributed by atoms with Crippen LogP contribution in [0.3, 0.4) is 0 Å². The van der Waals surface area contributed by atoms with Gasteiger partial charge >= 0.3 is 5.97 Å². The Balaban J connectivity index is 2.12. The van der Waals surface area contributed by atoms with Gasteiger partial charge in [-0.3, -0.25) is 14.3 Å². The zero-order chi connectivity index (χ0) is 14.9. The Morgan fingerprint density at radius 2 is 2.10 bits per heavy atom. The van der Waals surface area contributed by atoms with Crippen LogP contribution >= 0.6 is 0 Å². The molecule has 1 aromatic rings. The number of hydrogen-bond donors (Lipinski definition) is 1. The number of aromatic nitrogens is 2. The largest absolute Gasteiger partial charge is 0.481 e. The van der Waals surface area contributed by atoms with Crippen LogP contribution in [0.2, 0.25) is 0 Å². The van der Waals surface area contributed by atoms with Gasteiger partial charge in [-0.15, -0.1) is 0 Å². The molecule has 2 unspecified atom stereocenters. The van der Waals surface area contributed by atoms with Crippen molar-refractivity contribution in [1.82, 2.24) is 14.7 Å². The maximum Gasteiger partial charge on any atom is 0.308 e. The summed E-state index contributed by atoms with van der Waals surface area (Å²) in [5.41, 5.74) is 0.386. The predicted octanol–water partition coefficient (Wildman–Crippen LogP) is 1.65. The van der Waals surface area contributed by atoms with Gasteiger partial charge in [0.15, 0.2) is 0 Å². The van der Waals surface area contributed by atoms with E-state index in [1.165, 1.54) is 0 Å². The van der Waals surface area contributed by atoms with Gasteiger partial charge in [-0.25, -0.2) is 0 Å². The van der Waals surface area contributed by atoms with Crippen LogP contribution in [0.15, 0.2) is 12.3 Å². The highest BCUT2D eigenvalue weighted by Gasteiger charge is 2.32. The van der Waals surface area contributed by atoms with Gasteiger partial charge in [0, 0.05) is 25.3 Å². The van der Waals surface area contributed by atoms with Crippen LogP contribution < -0.4 is 0 Å². The lowest BCUT2D eigenvalue weighted by atomic mass is 9.90. The molecule has 0 aromatic carbocycles. The average Bonchev–Trinajstić information content (AvgIpc) is 2.86. The van der Waals surface area contributed by atoms with Gasteiger partial charge in [-0.1, -0.05) is 6.92 Å². The normalized spacial score (nSPS) is 23.1. The van der Waals surface area contributed by atoms with Crippen molar-refractivity contribution in [3.63, 3.8) is 0 Å². The van der Waals surface area contributed by atoms with Crippen molar-refractivity contribution in [3.8, 4) is 0 Å². The molecule has 2 heterocycles. The minimum absolute atomic E-state index is 0.179. The van der Waals surface area contributed by atoms with E-state index >= 15 is 0 Å². The Hall–Kier alpha value is -1.85. The molecule has 1 amide bonds. The third-order valence-electron chi connectivity index (χ3n) is 3.65. The summed E-state index contributed by atoms with van der Waals surface area (Å²) in [6.45, 7) is 6.82. The van der Waals surface area contributed by atoms with Crippen LogP contribution in [-0.4, -0.2) is 44.8 Å². The Kier molecular flexibility index (Phi) is 4.11. The van der Waals surface area contributed by atoms with Crippen LogP contribution in [0.5, 0.6) is 0 Å². The van der Waals surface area contributed by atoms with Gasteiger partial charge in [-0.05, 0) is 32.3 Å². The highest BCUT2D eigenvalue weighted by molar-refractivity contribution is 5.92. The summed E-state index contributed by atoms with van der Waals surface area (Å²) < 4.78 is 1.73. The number of piperidine rings is 1. The average molecular weight is 279 g/mol. The van der Waals surface area contributed by atoms with Crippen molar-refractivity contribution in [2.75, 3.05) is 13.1 Å². The van der Waals surface area contributed by atoms with Crippen LogP contribution in [0, 0.1) is 11.8 Å². The first-order chi connectivity index (χ1) is 9.38. The maximum absolute atomic E-state index is 12.4. The quantitative estimate of drug-likeness (QED) is 0.912. The molecular weight excluding hydrogens is 258 g/mol. The van der Waals surface area contributed by atoms with E-state index in [-0.39, 0.29) is 24.4 Å². The van der Waals surface area contributed by atoms with E-state index in [9.17, 15) is 9.59 Å². The van der Waals surface area contributed by atoms with E-state index in [2.05, 4.69) is 5.10 Å². The van der Waals surface area contributed by atoms with Gasteiger partial charge in [-0.2, -0.15) is 5.10 Å². The van der Waals surface area contributed by atoms with Crippen molar-refractivity contribution in [2.45, 2.75) is 33.2 Å². The van der Waals surface area contributed by atoms with Gasteiger partial charge in [0.2, 0.25) is 0 Å². The summed E-state index contributed by atoms with van der Waals surface area (Å²) in [4.78, 5) is 25.2. The monoisotopic (exact) mass is 279 g/mol. The molecule has 1 fully saturated rings. The molecule has 0 spiro atoms. The Labute approximate surface area is 118 Å². The number of nitrogens with zero attached hydrogens (tertiary/aromatic N) is 3. The number of carboxylic acids is 1. The molecule has 1 aliphatic heterocycles. The van der Waals surface area contributed by atoms with Crippen molar-refractivity contribution in [3.05, 3.63) is 18.0 Å². The second kappa shape index (κ2) is 5.64. The highest BCUT2D eigenvalue weighted by Crippen LogP contribution is 2.23. The second-order valence-corrected chi connectivity index (χ2v) is 5.86. The number of amides is 1. The summed E-state index contributed by atoms with van der Waals surface area (Å²) in [6.07, 6.45) is 2.40. The first kappa shape index (κ1) is 14.6. The van der Waals surface area contributed by atoms with Crippen molar-refractivity contribution in [1.29, 1.82) is 0 Å². The van der Waals surface area contributed by atoms with Crippen molar-refractivity contribution < 1.29 is 14.7 Å². The molecule has 0 saturated carbocycles. The SMILES string of the molecule is CC1CC(C(=O)O)CN(C(=O)c2ccn(C(C)C)n2)C1. The first-order valence-corrected chi connectivity index (χ1v) is 6.95. The highest BCUT2D eigenvalue weighted by atomic mass is 16.4. The van der Waals surface area contributed by atoms with Gasteiger partial charge in [0.1, 0.15) is 5.69 Å². The lowest BCUT2D eigenvalue weighted by Gasteiger charge is -2.34. The van der Waals surface area contributed by atoms with Gasteiger partial charge in [0.05, 0.1) is 5.92 Å². The number of rotatable bonds is 3. The fourth-order valence-electron chi connectivity index (χ4n) is 2.60. The summed E-state index contributed by atoms with van der Waals surface area (Å²) in [6, 6.07) is 1.89. The van der Waals surface area contributed by atoms with Crippen LogP contribution in [0.1, 0.15) is 43.7 Å². The van der Waals surface area contributed by atoms with Crippen LogP contribution in [0.25, 0.3) is 0 Å². The summed E-state index contributed by atoms with van der Waals surface area (Å²) >= 11 is 0. The summed E-state index contributed by atoms with van der Waals surface area (Å²) in [7, 11) is 0. The van der Waals surface area contributed by atoms with Crippen molar-refractivity contribution in [2.24, 2.45) is 11.8 Å². The molecule has 110 valence electrons. The smallest absolute Gasteiger partial charge is 0.308 e. The fraction of sp³-hybridized carbons (Fsp3) is 0.643. The maximum atomic E-state index is 12.4. The van der Waals surface area contributed by atoms with Gasteiger partial charge in [0.25, 0.3) is 5.91 Å². The first-order valence-electron chi connectivity index (χ1n) is 6.95. The molecule has 1 aliphatic rings. The minimum Gasteiger partial charge on any atom is -0.481 e. The number of carbonyl (C=O) groups is 2. The summed E-state index contributed by atoms with van der Waals surface area (Å²) in [5, 5.41) is 13.4. The molecule has 6 nitrogen and oxygen atoms in total. The molecule has 0 aliphatic carbocycles. The Morgan fingerprint density at radius 3 is 2.65 bits per heavy atom. The molecule has 2 atom stereocenters. The van der Waals surface area contributed by atoms with Gasteiger partial charge < -0.3 is 10.0 Å². The molecule has 6 heteroatoms. The van der Waals surface area contributed by atoms with E-state index in [4.69, 9.17) is 5.11 Å². The molecule has 2 rings (SSSR count). The Morgan fingerprint density at radius 1 is 1.40 bits per heavy atom. The lowest BCUT2D eigenvalue weighted by Crippen LogP contribution is -2.45. The van der Waals surface area contributed by atoms with Crippen molar-refractivity contribution >= 4 is 11.9 Å². The van der Waals surface area contributed by atoms with E-state index in [1.807, 2.05) is 20.8 Å². The zero-order valence-electron chi connectivity index (χ0n) is 12.1.